The highest BCUT2D eigenvalue weighted by atomic mass is 16.1. The van der Waals surface area contributed by atoms with E-state index in [1.54, 1.807) is 12.1 Å². The number of carbonyl (C=O) groups excluding carboxylic acids is 1. The average Bonchev–Trinajstić information content (AvgIpc) is 2.34. The molecule has 2 rings (SSSR count). The Morgan fingerprint density at radius 1 is 1.50 bits per heavy atom. The molecule has 0 aliphatic carbocycles. The molecule has 1 aromatic rings. The zero-order chi connectivity index (χ0) is 6.97. The Morgan fingerprint density at radius 2 is 2.40 bits per heavy atom. The van der Waals surface area contributed by atoms with E-state index in [2.05, 4.69) is 16.2 Å². The van der Waals surface area contributed by atoms with Crippen LogP contribution in [-0.4, -0.2) is 17.1 Å². The Kier molecular flexibility index (Phi) is 0.917. The molecule has 0 fully saturated rings. The summed E-state index contributed by atoms with van der Waals surface area (Å²) in [5.74, 6) is -0.271. The minimum atomic E-state index is -0.271. The van der Waals surface area contributed by atoms with Crippen molar-refractivity contribution in [1.82, 2.24) is 4.98 Å². The molecule has 47 valence electrons. The maximum absolute atomic E-state index is 10.8. The van der Waals surface area contributed by atoms with E-state index in [1.165, 1.54) is 6.21 Å². The van der Waals surface area contributed by atoms with Gasteiger partial charge in [0.25, 0.3) is 5.91 Å². The largest absolute Gasteiger partial charge is 0.296 e. The van der Waals surface area contributed by atoms with Gasteiger partial charge in [-0.15, -0.1) is 0 Å². The van der Waals surface area contributed by atoms with Gasteiger partial charge in [0.1, 0.15) is 5.69 Å². The predicted octanol–water partition coefficient (Wildman–Crippen LogP) is 0.454. The maximum Gasteiger partial charge on any atom is 0.296 e. The van der Waals surface area contributed by atoms with Gasteiger partial charge < -0.3 is 0 Å². The SMILES string of the molecule is O=C1N=Cc2cc[c]nc21. The van der Waals surface area contributed by atoms with Crippen molar-refractivity contribution in [3.8, 4) is 0 Å². The van der Waals surface area contributed by atoms with E-state index >= 15 is 0 Å². The molecule has 0 saturated heterocycles. The molecule has 0 unspecified atom stereocenters. The van der Waals surface area contributed by atoms with Gasteiger partial charge in [-0.05, 0) is 12.1 Å². The van der Waals surface area contributed by atoms with Crippen molar-refractivity contribution >= 4 is 12.1 Å². The van der Waals surface area contributed by atoms with Gasteiger partial charge in [-0.1, -0.05) is 0 Å². The van der Waals surface area contributed by atoms with Crippen LogP contribution in [0.15, 0.2) is 17.1 Å². The van der Waals surface area contributed by atoms with E-state index in [0.717, 1.165) is 5.56 Å². The monoisotopic (exact) mass is 131 g/mol. The third kappa shape index (κ3) is 0.572. The summed E-state index contributed by atoms with van der Waals surface area (Å²) >= 11 is 0. The van der Waals surface area contributed by atoms with Crippen LogP contribution < -0.4 is 0 Å². The number of pyridine rings is 1. The summed E-state index contributed by atoms with van der Waals surface area (Å²) in [5.41, 5.74) is 1.19. The van der Waals surface area contributed by atoms with E-state index in [4.69, 9.17) is 0 Å². The van der Waals surface area contributed by atoms with Crippen molar-refractivity contribution in [2.24, 2.45) is 4.99 Å². The number of rotatable bonds is 0. The number of fused-ring (bicyclic) bond motifs is 1. The van der Waals surface area contributed by atoms with Crippen molar-refractivity contribution in [1.29, 1.82) is 0 Å². The van der Waals surface area contributed by atoms with Gasteiger partial charge in [0.05, 0.1) is 6.20 Å². The molecular formula is C7H3N2O. The second-order valence-electron chi connectivity index (χ2n) is 1.94. The number of aromatic nitrogens is 1. The molecule has 0 bridgehead atoms. The molecule has 3 nitrogen and oxygen atoms in total. The number of aliphatic imine (C=N–C) groups is 1. The van der Waals surface area contributed by atoms with Crippen LogP contribution in [0, 0.1) is 6.20 Å². The van der Waals surface area contributed by atoms with Gasteiger partial charge in [-0.25, -0.2) is 9.98 Å². The van der Waals surface area contributed by atoms with Crippen molar-refractivity contribution < 1.29 is 4.79 Å². The summed E-state index contributed by atoms with van der Waals surface area (Å²) in [6.45, 7) is 0. The number of hydrogen-bond donors (Lipinski definition) is 0. The average molecular weight is 131 g/mol. The first-order chi connectivity index (χ1) is 4.88. The molecule has 1 aromatic heterocycles. The predicted molar refractivity (Wildman–Crippen MR) is 35.0 cm³/mol. The third-order valence-corrected chi connectivity index (χ3v) is 1.31. The van der Waals surface area contributed by atoms with Gasteiger partial charge in [0, 0.05) is 11.8 Å². The summed E-state index contributed by atoms with van der Waals surface area (Å²) < 4.78 is 0. The highest BCUT2D eigenvalue weighted by molar-refractivity contribution is 6.11. The molecule has 1 amide bonds. The first kappa shape index (κ1) is 5.29. The zero-order valence-electron chi connectivity index (χ0n) is 5.03. The van der Waals surface area contributed by atoms with Crippen LogP contribution in [-0.2, 0) is 0 Å². The van der Waals surface area contributed by atoms with E-state index in [1.807, 2.05) is 0 Å². The number of nitrogens with zero attached hydrogens (tertiary/aromatic N) is 2. The smallest absolute Gasteiger partial charge is 0.265 e. The Labute approximate surface area is 57.4 Å². The fourth-order valence-corrected chi connectivity index (χ4v) is 0.837. The summed E-state index contributed by atoms with van der Waals surface area (Å²) in [4.78, 5) is 18.1. The maximum atomic E-state index is 10.8. The van der Waals surface area contributed by atoms with Crippen LogP contribution in [0.25, 0.3) is 0 Å². The summed E-state index contributed by atoms with van der Waals surface area (Å²) in [5, 5.41) is 0. The molecule has 0 N–H and O–H groups in total. The molecule has 1 aliphatic heterocycles. The van der Waals surface area contributed by atoms with Crippen LogP contribution in [0.4, 0.5) is 0 Å². The summed E-state index contributed by atoms with van der Waals surface area (Å²) in [7, 11) is 0. The highest BCUT2D eigenvalue weighted by Crippen LogP contribution is 2.09. The van der Waals surface area contributed by atoms with Crippen LogP contribution in [0.3, 0.4) is 0 Å². The number of carbonyl (C=O) groups is 1. The van der Waals surface area contributed by atoms with Gasteiger partial charge >= 0.3 is 0 Å². The first-order valence-electron chi connectivity index (χ1n) is 2.83. The van der Waals surface area contributed by atoms with Crippen molar-refractivity contribution in [2.75, 3.05) is 0 Å². The van der Waals surface area contributed by atoms with Gasteiger partial charge in [0.2, 0.25) is 0 Å². The molecule has 0 saturated carbocycles. The quantitative estimate of drug-likeness (QED) is 0.513. The minimum absolute atomic E-state index is 0.271. The highest BCUT2D eigenvalue weighted by Gasteiger charge is 2.14. The fourth-order valence-electron chi connectivity index (χ4n) is 0.837. The normalized spacial score (nSPS) is 13.8. The van der Waals surface area contributed by atoms with E-state index in [0.29, 0.717) is 5.69 Å². The molecule has 1 aliphatic rings. The van der Waals surface area contributed by atoms with Crippen molar-refractivity contribution in [3.05, 3.63) is 29.6 Å². The van der Waals surface area contributed by atoms with Gasteiger partial charge in [0.15, 0.2) is 0 Å². The Balaban J connectivity index is 2.70. The van der Waals surface area contributed by atoms with E-state index < -0.39 is 0 Å². The van der Waals surface area contributed by atoms with Crippen molar-refractivity contribution in [3.63, 3.8) is 0 Å². The lowest BCUT2D eigenvalue weighted by atomic mass is 10.2. The molecule has 0 spiro atoms. The van der Waals surface area contributed by atoms with E-state index in [9.17, 15) is 4.79 Å². The minimum Gasteiger partial charge on any atom is -0.265 e. The Hall–Kier alpha value is -1.51. The van der Waals surface area contributed by atoms with Crippen LogP contribution in [0.1, 0.15) is 16.1 Å². The Morgan fingerprint density at radius 3 is 3.20 bits per heavy atom. The fraction of sp³-hybridized carbons (Fsp3) is 0. The lowest BCUT2D eigenvalue weighted by Gasteiger charge is -1.88. The summed E-state index contributed by atoms with van der Waals surface area (Å²) in [6.07, 6.45) is 4.08. The topological polar surface area (TPSA) is 42.3 Å². The molecule has 0 aromatic carbocycles. The molecule has 3 heteroatoms. The van der Waals surface area contributed by atoms with Crippen molar-refractivity contribution in [2.45, 2.75) is 0 Å². The van der Waals surface area contributed by atoms with Gasteiger partial charge in [-0.2, -0.15) is 0 Å². The first-order valence-corrected chi connectivity index (χ1v) is 2.83. The van der Waals surface area contributed by atoms with Crippen LogP contribution in [0.5, 0.6) is 0 Å². The third-order valence-electron chi connectivity index (χ3n) is 1.31. The van der Waals surface area contributed by atoms with Gasteiger partial charge in [-0.3, -0.25) is 4.79 Å². The second-order valence-corrected chi connectivity index (χ2v) is 1.94. The summed E-state index contributed by atoms with van der Waals surface area (Å²) in [6, 6.07) is 3.42. The molecule has 2 heterocycles. The number of amides is 1. The standard InChI is InChI=1S/C7H3N2O/c10-7-6-5(4-9-7)2-1-3-8-6/h1-2,4H. The van der Waals surface area contributed by atoms with Crippen LogP contribution >= 0.6 is 0 Å². The lowest BCUT2D eigenvalue weighted by Crippen LogP contribution is -1.94. The molecular weight excluding hydrogens is 128 g/mol. The molecule has 1 radical (unpaired) electrons. The Bertz CT molecular complexity index is 317. The van der Waals surface area contributed by atoms with Crippen LogP contribution in [0.2, 0.25) is 0 Å². The lowest BCUT2D eigenvalue weighted by molar-refractivity contribution is 0.100. The molecule has 0 atom stereocenters. The zero-order valence-corrected chi connectivity index (χ0v) is 5.03. The number of hydrogen-bond acceptors (Lipinski definition) is 2. The second kappa shape index (κ2) is 1.73. The molecule has 10 heavy (non-hydrogen) atoms. The van der Waals surface area contributed by atoms with E-state index in [-0.39, 0.29) is 5.91 Å².